The van der Waals surface area contributed by atoms with Crippen molar-refractivity contribution in [3.8, 4) is 11.8 Å². The number of fused-ring (bicyclic) bond motifs is 1. The minimum Gasteiger partial charge on any atom is -0.478 e. The second kappa shape index (κ2) is 6.89. The third-order valence-corrected chi connectivity index (χ3v) is 5.91. The number of aromatic carboxylic acids is 1. The zero-order valence-corrected chi connectivity index (χ0v) is 16.9. The monoisotopic (exact) mass is 360 g/mol. The summed E-state index contributed by atoms with van der Waals surface area (Å²) in [5.74, 6) is 5.56. The summed E-state index contributed by atoms with van der Waals surface area (Å²) < 4.78 is 0. The fraction of sp³-hybridized carbons (Fsp3) is 0.400. The molecule has 2 aromatic rings. The second-order valence-corrected chi connectivity index (χ2v) is 8.96. The lowest BCUT2D eigenvalue weighted by atomic mass is 9.63. The van der Waals surface area contributed by atoms with Crippen molar-refractivity contribution >= 4 is 5.97 Å². The summed E-state index contributed by atoms with van der Waals surface area (Å²) in [7, 11) is 0. The fourth-order valence-electron chi connectivity index (χ4n) is 3.92. The highest BCUT2D eigenvalue weighted by atomic mass is 16.4. The Morgan fingerprint density at radius 2 is 1.67 bits per heavy atom. The molecule has 1 aliphatic carbocycles. The first-order chi connectivity index (χ1) is 12.6. The molecule has 0 saturated carbocycles. The number of benzene rings is 2. The van der Waals surface area contributed by atoms with E-state index in [-0.39, 0.29) is 10.8 Å². The smallest absolute Gasteiger partial charge is 0.335 e. The predicted octanol–water partition coefficient (Wildman–Crippen LogP) is 5.64. The van der Waals surface area contributed by atoms with E-state index in [0.717, 1.165) is 11.1 Å². The first-order valence-corrected chi connectivity index (χ1v) is 9.57. The largest absolute Gasteiger partial charge is 0.478 e. The summed E-state index contributed by atoms with van der Waals surface area (Å²) in [6.07, 6.45) is 3.12. The van der Waals surface area contributed by atoms with Crippen LogP contribution in [0.1, 0.15) is 78.7 Å². The molecule has 0 saturated heterocycles. The van der Waals surface area contributed by atoms with E-state index in [9.17, 15) is 4.79 Å². The maximum atomic E-state index is 11.0. The molecular formula is C25H28O2. The molecule has 0 amide bonds. The van der Waals surface area contributed by atoms with Crippen molar-refractivity contribution in [3.05, 3.63) is 69.8 Å². The van der Waals surface area contributed by atoms with Gasteiger partial charge >= 0.3 is 5.97 Å². The molecule has 140 valence electrons. The van der Waals surface area contributed by atoms with Gasteiger partial charge in [0, 0.05) is 12.0 Å². The van der Waals surface area contributed by atoms with Crippen molar-refractivity contribution in [2.24, 2.45) is 0 Å². The van der Waals surface area contributed by atoms with E-state index in [0.29, 0.717) is 12.0 Å². The average Bonchev–Trinajstić information content (AvgIpc) is 2.60. The van der Waals surface area contributed by atoms with Crippen LogP contribution in [0.15, 0.2) is 36.4 Å². The molecule has 0 heterocycles. The summed E-state index contributed by atoms with van der Waals surface area (Å²) in [5.41, 5.74) is 6.70. The van der Waals surface area contributed by atoms with Crippen molar-refractivity contribution in [1.82, 2.24) is 0 Å². The summed E-state index contributed by atoms with van der Waals surface area (Å²) in [6, 6.07) is 11.9. The lowest BCUT2D eigenvalue weighted by molar-refractivity contribution is 0.0697. The van der Waals surface area contributed by atoms with Crippen LogP contribution < -0.4 is 0 Å². The lowest BCUT2D eigenvalue weighted by Crippen LogP contribution is -2.33. The summed E-state index contributed by atoms with van der Waals surface area (Å²) in [4.78, 5) is 11.0. The van der Waals surface area contributed by atoms with Gasteiger partial charge in [-0.3, -0.25) is 0 Å². The Bertz CT molecular complexity index is 952. The molecule has 2 nitrogen and oxygen atoms in total. The van der Waals surface area contributed by atoms with Gasteiger partial charge in [-0.15, -0.1) is 0 Å². The standard InChI is InChI=1S/C25H28O2/c1-17-15-20(23(26)27)11-10-19(17)8-6-7-18-9-12-21-22(16-18)25(4,5)14-13-24(21,2)3/h9-12,15-16H,7,13-14H2,1-5H3,(H,26,27). The van der Waals surface area contributed by atoms with Gasteiger partial charge in [0.15, 0.2) is 0 Å². The number of hydrogen-bond acceptors (Lipinski definition) is 1. The molecule has 1 aliphatic rings. The summed E-state index contributed by atoms with van der Waals surface area (Å²) in [6.45, 7) is 11.3. The Balaban J connectivity index is 1.85. The van der Waals surface area contributed by atoms with Gasteiger partial charge in [0.25, 0.3) is 0 Å². The number of carbonyl (C=O) groups is 1. The minimum atomic E-state index is -0.905. The van der Waals surface area contributed by atoms with E-state index >= 15 is 0 Å². The van der Waals surface area contributed by atoms with Gasteiger partial charge in [-0.25, -0.2) is 4.79 Å². The van der Waals surface area contributed by atoms with Crippen molar-refractivity contribution in [2.75, 3.05) is 0 Å². The second-order valence-electron chi connectivity index (χ2n) is 8.96. The number of aryl methyl sites for hydroxylation is 1. The Morgan fingerprint density at radius 1 is 1.00 bits per heavy atom. The Morgan fingerprint density at radius 3 is 2.30 bits per heavy atom. The molecule has 2 aromatic carbocycles. The molecule has 27 heavy (non-hydrogen) atoms. The van der Waals surface area contributed by atoms with Crippen LogP contribution in [0.2, 0.25) is 0 Å². The Labute approximate surface area is 162 Å². The number of carboxylic acids is 1. The van der Waals surface area contributed by atoms with Gasteiger partial charge in [-0.1, -0.05) is 57.7 Å². The van der Waals surface area contributed by atoms with E-state index in [2.05, 4.69) is 57.7 Å². The molecule has 0 aromatic heterocycles. The van der Waals surface area contributed by atoms with E-state index in [1.165, 1.54) is 29.5 Å². The summed E-state index contributed by atoms with van der Waals surface area (Å²) >= 11 is 0. The molecule has 0 aliphatic heterocycles. The highest BCUT2D eigenvalue weighted by Gasteiger charge is 2.36. The zero-order chi connectivity index (χ0) is 19.8. The molecule has 0 unspecified atom stereocenters. The van der Waals surface area contributed by atoms with Crippen LogP contribution in [-0.4, -0.2) is 11.1 Å². The molecule has 1 N–H and O–H groups in total. The van der Waals surface area contributed by atoms with Crippen LogP contribution in [0.3, 0.4) is 0 Å². The number of hydrogen-bond donors (Lipinski definition) is 1. The zero-order valence-electron chi connectivity index (χ0n) is 16.9. The van der Waals surface area contributed by atoms with Crippen molar-refractivity contribution in [2.45, 2.75) is 64.7 Å². The average molecular weight is 360 g/mol. The van der Waals surface area contributed by atoms with Gasteiger partial charge < -0.3 is 5.11 Å². The van der Waals surface area contributed by atoms with Crippen LogP contribution >= 0.6 is 0 Å². The quantitative estimate of drug-likeness (QED) is 0.704. The molecule has 0 atom stereocenters. The Hall–Kier alpha value is -2.53. The molecule has 0 bridgehead atoms. The third kappa shape index (κ3) is 3.93. The Kier molecular flexibility index (Phi) is 4.91. The first-order valence-electron chi connectivity index (χ1n) is 9.57. The molecule has 0 fully saturated rings. The molecule has 2 heteroatoms. The predicted molar refractivity (Wildman–Crippen MR) is 110 cm³/mol. The van der Waals surface area contributed by atoms with E-state index in [1.54, 1.807) is 18.2 Å². The van der Waals surface area contributed by atoms with Gasteiger partial charge in [0.05, 0.1) is 5.56 Å². The normalized spacial score (nSPS) is 16.8. The summed E-state index contributed by atoms with van der Waals surface area (Å²) in [5, 5.41) is 9.06. The van der Waals surface area contributed by atoms with Gasteiger partial charge in [-0.05, 0) is 71.0 Å². The van der Waals surface area contributed by atoms with Gasteiger partial charge in [0.1, 0.15) is 0 Å². The lowest BCUT2D eigenvalue weighted by Gasteiger charge is -2.42. The topological polar surface area (TPSA) is 37.3 Å². The van der Waals surface area contributed by atoms with E-state index < -0.39 is 5.97 Å². The van der Waals surface area contributed by atoms with E-state index in [4.69, 9.17) is 5.11 Å². The van der Waals surface area contributed by atoms with Crippen molar-refractivity contribution < 1.29 is 9.90 Å². The van der Waals surface area contributed by atoms with Crippen LogP contribution in [0.4, 0.5) is 0 Å². The first kappa shape index (κ1) is 19.2. The fourth-order valence-corrected chi connectivity index (χ4v) is 3.92. The maximum absolute atomic E-state index is 11.0. The van der Waals surface area contributed by atoms with Crippen LogP contribution in [0.5, 0.6) is 0 Å². The van der Waals surface area contributed by atoms with Crippen LogP contribution in [0, 0.1) is 18.8 Å². The van der Waals surface area contributed by atoms with Gasteiger partial charge in [0.2, 0.25) is 0 Å². The number of carboxylic acid groups (broad SMARTS) is 1. The SMILES string of the molecule is Cc1cc(C(=O)O)ccc1C#CCc1ccc2c(c1)C(C)(C)CCC2(C)C. The van der Waals surface area contributed by atoms with Crippen LogP contribution in [0.25, 0.3) is 0 Å². The maximum Gasteiger partial charge on any atom is 0.335 e. The van der Waals surface area contributed by atoms with Gasteiger partial charge in [-0.2, -0.15) is 0 Å². The van der Waals surface area contributed by atoms with Crippen molar-refractivity contribution in [1.29, 1.82) is 0 Å². The molecule has 3 rings (SSSR count). The molecule has 0 spiro atoms. The molecule has 0 radical (unpaired) electrons. The highest BCUT2D eigenvalue weighted by molar-refractivity contribution is 5.88. The minimum absolute atomic E-state index is 0.206. The van der Waals surface area contributed by atoms with Crippen LogP contribution in [-0.2, 0) is 17.3 Å². The highest BCUT2D eigenvalue weighted by Crippen LogP contribution is 2.45. The van der Waals surface area contributed by atoms with Crippen molar-refractivity contribution in [3.63, 3.8) is 0 Å². The third-order valence-electron chi connectivity index (χ3n) is 5.91. The number of rotatable bonds is 2. The van der Waals surface area contributed by atoms with E-state index in [1.807, 2.05) is 6.92 Å². The molecular weight excluding hydrogens is 332 g/mol.